The van der Waals surface area contributed by atoms with E-state index in [1.807, 2.05) is 17.7 Å². The van der Waals surface area contributed by atoms with Gasteiger partial charge in [0.15, 0.2) is 0 Å². The summed E-state index contributed by atoms with van der Waals surface area (Å²) >= 11 is 5.75. The van der Waals surface area contributed by atoms with Crippen molar-refractivity contribution in [2.24, 2.45) is 0 Å². The Morgan fingerprint density at radius 1 is 1.63 bits per heavy atom. The van der Waals surface area contributed by atoms with Crippen molar-refractivity contribution in [1.82, 2.24) is 19.9 Å². The number of aromatic nitrogens is 3. The Labute approximate surface area is 115 Å². The molecule has 0 fully saturated rings. The van der Waals surface area contributed by atoms with Gasteiger partial charge in [0.25, 0.3) is 5.91 Å². The minimum atomic E-state index is -0.269. The molecule has 6 nitrogen and oxygen atoms in total. The third-order valence-electron chi connectivity index (χ3n) is 2.57. The number of nitrogens with two attached hydrogens (primary N) is 1. The van der Waals surface area contributed by atoms with E-state index in [2.05, 4.69) is 15.3 Å². The van der Waals surface area contributed by atoms with Crippen LogP contribution in [-0.2, 0) is 6.54 Å². The fourth-order valence-electron chi connectivity index (χ4n) is 1.70. The van der Waals surface area contributed by atoms with Gasteiger partial charge < -0.3 is 15.6 Å². The molecule has 0 aliphatic heterocycles. The lowest BCUT2D eigenvalue weighted by molar-refractivity contribution is 0.0937. The third-order valence-corrected chi connectivity index (χ3v) is 2.77. The fourth-order valence-corrected chi connectivity index (χ4v) is 1.85. The molecule has 0 spiro atoms. The average molecular weight is 280 g/mol. The Morgan fingerprint density at radius 3 is 3.11 bits per heavy atom. The standard InChI is InChI=1S/C12H14ClN5O/c1-8(6-18-3-2-15-7-18)17-12(19)9-4-11(13)16-5-10(9)14/h2-5,7-8H,6,14H2,1H3,(H,17,19). The molecular weight excluding hydrogens is 266 g/mol. The lowest BCUT2D eigenvalue weighted by Gasteiger charge is -2.15. The zero-order chi connectivity index (χ0) is 13.8. The van der Waals surface area contributed by atoms with E-state index in [1.54, 1.807) is 12.5 Å². The summed E-state index contributed by atoms with van der Waals surface area (Å²) in [6, 6.07) is 1.39. The summed E-state index contributed by atoms with van der Waals surface area (Å²) in [5.74, 6) is -0.269. The SMILES string of the molecule is CC(Cn1ccnc1)NC(=O)c1cc(Cl)ncc1N. The number of nitrogens with one attached hydrogen (secondary N) is 1. The van der Waals surface area contributed by atoms with Gasteiger partial charge in [-0.3, -0.25) is 4.79 Å². The molecular formula is C12H14ClN5O. The van der Waals surface area contributed by atoms with Crippen LogP contribution in [0.25, 0.3) is 0 Å². The Bertz CT molecular complexity index is 570. The van der Waals surface area contributed by atoms with E-state index in [0.717, 1.165) is 0 Å². The van der Waals surface area contributed by atoms with Crippen molar-refractivity contribution in [1.29, 1.82) is 0 Å². The quantitative estimate of drug-likeness (QED) is 0.827. The molecule has 19 heavy (non-hydrogen) atoms. The number of carbonyl (C=O) groups excluding carboxylic acids is 1. The monoisotopic (exact) mass is 279 g/mol. The molecule has 3 N–H and O–H groups in total. The summed E-state index contributed by atoms with van der Waals surface area (Å²) < 4.78 is 1.88. The first-order chi connectivity index (χ1) is 9.06. The minimum absolute atomic E-state index is 0.0620. The van der Waals surface area contributed by atoms with E-state index in [0.29, 0.717) is 17.8 Å². The van der Waals surface area contributed by atoms with Crippen LogP contribution in [0.5, 0.6) is 0 Å². The number of carbonyl (C=O) groups is 1. The molecule has 0 saturated carbocycles. The number of imidazole rings is 1. The predicted octanol–water partition coefficient (Wildman–Crippen LogP) is 1.33. The maximum absolute atomic E-state index is 12.1. The van der Waals surface area contributed by atoms with E-state index in [-0.39, 0.29) is 17.1 Å². The van der Waals surface area contributed by atoms with Crippen LogP contribution in [0.2, 0.25) is 5.15 Å². The van der Waals surface area contributed by atoms with Crippen molar-refractivity contribution in [3.8, 4) is 0 Å². The maximum Gasteiger partial charge on any atom is 0.253 e. The van der Waals surface area contributed by atoms with Gasteiger partial charge in [0.1, 0.15) is 5.15 Å². The van der Waals surface area contributed by atoms with Crippen molar-refractivity contribution in [2.75, 3.05) is 5.73 Å². The Balaban J connectivity index is 2.02. The lowest BCUT2D eigenvalue weighted by atomic mass is 10.2. The number of amides is 1. The van der Waals surface area contributed by atoms with Gasteiger partial charge >= 0.3 is 0 Å². The predicted molar refractivity (Wildman–Crippen MR) is 72.8 cm³/mol. The van der Waals surface area contributed by atoms with E-state index in [9.17, 15) is 4.79 Å². The summed E-state index contributed by atoms with van der Waals surface area (Å²) in [6.07, 6.45) is 6.59. The van der Waals surface area contributed by atoms with Gasteiger partial charge in [-0.2, -0.15) is 0 Å². The van der Waals surface area contributed by atoms with Gasteiger partial charge in [-0.05, 0) is 13.0 Å². The smallest absolute Gasteiger partial charge is 0.253 e. The van der Waals surface area contributed by atoms with E-state index in [4.69, 9.17) is 17.3 Å². The average Bonchev–Trinajstić information content (AvgIpc) is 2.84. The number of rotatable bonds is 4. The van der Waals surface area contributed by atoms with E-state index >= 15 is 0 Å². The second-order valence-electron chi connectivity index (χ2n) is 4.23. The van der Waals surface area contributed by atoms with Crippen LogP contribution >= 0.6 is 11.6 Å². The number of hydrogen-bond acceptors (Lipinski definition) is 4. The first kappa shape index (κ1) is 13.4. The Kier molecular flexibility index (Phi) is 4.01. The van der Waals surface area contributed by atoms with Crippen LogP contribution in [0.3, 0.4) is 0 Å². The van der Waals surface area contributed by atoms with Gasteiger partial charge in [0, 0.05) is 25.0 Å². The molecule has 2 aromatic heterocycles. The van der Waals surface area contributed by atoms with Gasteiger partial charge in [0.2, 0.25) is 0 Å². The van der Waals surface area contributed by atoms with Crippen LogP contribution < -0.4 is 11.1 Å². The second kappa shape index (κ2) is 5.71. The molecule has 2 aromatic rings. The summed E-state index contributed by atoms with van der Waals surface area (Å²) in [5, 5.41) is 3.09. The molecule has 1 unspecified atom stereocenters. The van der Waals surface area contributed by atoms with E-state index in [1.165, 1.54) is 12.3 Å². The first-order valence-corrected chi connectivity index (χ1v) is 6.11. The minimum Gasteiger partial charge on any atom is -0.397 e. The molecule has 1 atom stereocenters. The zero-order valence-electron chi connectivity index (χ0n) is 10.4. The molecule has 0 saturated heterocycles. The highest BCUT2D eigenvalue weighted by molar-refractivity contribution is 6.29. The topological polar surface area (TPSA) is 85.8 Å². The highest BCUT2D eigenvalue weighted by atomic mass is 35.5. The summed E-state index contributed by atoms with van der Waals surface area (Å²) in [4.78, 5) is 19.8. The highest BCUT2D eigenvalue weighted by Gasteiger charge is 2.13. The largest absolute Gasteiger partial charge is 0.397 e. The van der Waals surface area contributed by atoms with Crippen molar-refractivity contribution >= 4 is 23.2 Å². The van der Waals surface area contributed by atoms with Crippen molar-refractivity contribution in [3.05, 3.63) is 41.7 Å². The highest BCUT2D eigenvalue weighted by Crippen LogP contribution is 2.14. The fraction of sp³-hybridized carbons (Fsp3) is 0.250. The molecule has 0 radical (unpaired) electrons. The number of pyridine rings is 1. The molecule has 0 aromatic carbocycles. The lowest BCUT2D eigenvalue weighted by Crippen LogP contribution is -2.35. The van der Waals surface area contributed by atoms with Gasteiger partial charge in [-0.25, -0.2) is 9.97 Å². The normalized spacial score (nSPS) is 12.1. The summed E-state index contributed by atoms with van der Waals surface area (Å²) in [7, 11) is 0. The molecule has 7 heteroatoms. The second-order valence-corrected chi connectivity index (χ2v) is 4.62. The maximum atomic E-state index is 12.1. The Morgan fingerprint density at radius 2 is 2.42 bits per heavy atom. The van der Waals surface area contributed by atoms with Gasteiger partial charge in [-0.1, -0.05) is 11.6 Å². The molecule has 100 valence electrons. The molecule has 2 heterocycles. The van der Waals surface area contributed by atoms with Crippen molar-refractivity contribution < 1.29 is 4.79 Å². The van der Waals surface area contributed by atoms with Crippen LogP contribution in [0, 0.1) is 0 Å². The molecule has 0 aliphatic rings. The number of anilines is 1. The Hall–Kier alpha value is -2.08. The van der Waals surface area contributed by atoms with Crippen LogP contribution in [0.15, 0.2) is 31.0 Å². The number of nitrogen functional groups attached to an aromatic ring is 1. The van der Waals surface area contributed by atoms with Crippen LogP contribution in [0.1, 0.15) is 17.3 Å². The summed E-state index contributed by atoms with van der Waals surface area (Å²) in [6.45, 7) is 2.53. The van der Waals surface area contributed by atoms with Gasteiger partial charge in [-0.15, -0.1) is 0 Å². The zero-order valence-corrected chi connectivity index (χ0v) is 11.1. The third kappa shape index (κ3) is 3.45. The van der Waals surface area contributed by atoms with Crippen LogP contribution in [0.4, 0.5) is 5.69 Å². The first-order valence-electron chi connectivity index (χ1n) is 5.74. The van der Waals surface area contributed by atoms with Crippen molar-refractivity contribution in [2.45, 2.75) is 19.5 Å². The summed E-state index contributed by atoms with van der Waals surface area (Å²) in [5.41, 5.74) is 6.34. The molecule has 1 amide bonds. The molecule has 2 rings (SSSR count). The van der Waals surface area contributed by atoms with E-state index < -0.39 is 0 Å². The van der Waals surface area contributed by atoms with Gasteiger partial charge in [0.05, 0.1) is 23.8 Å². The number of halogens is 1. The number of nitrogens with zero attached hydrogens (tertiary/aromatic N) is 3. The molecule has 0 aliphatic carbocycles. The molecule has 0 bridgehead atoms. The van der Waals surface area contributed by atoms with Crippen LogP contribution in [-0.4, -0.2) is 26.5 Å². The number of hydrogen-bond donors (Lipinski definition) is 2. The van der Waals surface area contributed by atoms with Crippen molar-refractivity contribution in [3.63, 3.8) is 0 Å².